The zero-order valence-corrected chi connectivity index (χ0v) is 19.0. The van der Waals surface area contributed by atoms with E-state index in [4.69, 9.17) is 0 Å². The van der Waals surface area contributed by atoms with E-state index in [1.54, 1.807) is 11.5 Å². The SMILES string of the molecule is CC(Sc1nnc(-c2ccc(F)cc2)n1-c1ccc(F)cc1)C(=O)NNC(=O)c1ccc(F)cc1. The monoisotopic (exact) mass is 497 g/mol. The number of benzene rings is 3. The van der Waals surface area contributed by atoms with Gasteiger partial charge in [0.1, 0.15) is 17.5 Å². The van der Waals surface area contributed by atoms with Crippen molar-refractivity contribution in [2.75, 3.05) is 0 Å². The van der Waals surface area contributed by atoms with E-state index >= 15 is 0 Å². The first-order valence-electron chi connectivity index (χ1n) is 10.3. The number of hydrogen-bond acceptors (Lipinski definition) is 5. The molecule has 1 aromatic heterocycles. The molecule has 0 spiro atoms. The molecule has 4 rings (SSSR count). The number of aromatic nitrogens is 3. The van der Waals surface area contributed by atoms with Crippen molar-refractivity contribution in [1.29, 1.82) is 0 Å². The van der Waals surface area contributed by atoms with Gasteiger partial charge < -0.3 is 0 Å². The minimum absolute atomic E-state index is 0.173. The van der Waals surface area contributed by atoms with Gasteiger partial charge in [-0.3, -0.25) is 25.0 Å². The van der Waals surface area contributed by atoms with Gasteiger partial charge >= 0.3 is 0 Å². The predicted molar refractivity (Wildman–Crippen MR) is 124 cm³/mol. The van der Waals surface area contributed by atoms with Crippen LogP contribution in [-0.4, -0.2) is 31.8 Å². The second-order valence-electron chi connectivity index (χ2n) is 7.34. The summed E-state index contributed by atoms with van der Waals surface area (Å²) in [6, 6.07) is 16.1. The second-order valence-corrected chi connectivity index (χ2v) is 8.64. The van der Waals surface area contributed by atoms with Crippen LogP contribution in [0.1, 0.15) is 17.3 Å². The second kappa shape index (κ2) is 10.4. The topological polar surface area (TPSA) is 88.9 Å². The van der Waals surface area contributed by atoms with Gasteiger partial charge in [0.15, 0.2) is 11.0 Å². The lowest BCUT2D eigenvalue weighted by Crippen LogP contribution is -2.45. The van der Waals surface area contributed by atoms with Crippen LogP contribution in [-0.2, 0) is 4.79 Å². The molecule has 1 unspecified atom stereocenters. The fraction of sp³-hybridized carbons (Fsp3) is 0.0833. The Morgan fingerprint density at radius 2 is 1.34 bits per heavy atom. The standard InChI is InChI=1S/C24H18F3N5O2S/c1-14(22(33)29-30-23(34)16-4-8-18(26)9-5-16)35-24-31-28-21(15-2-6-17(25)7-3-15)32(24)20-12-10-19(27)11-13-20/h2-14H,1H3,(H,29,33)(H,30,34). The Morgan fingerprint density at radius 1 is 0.800 bits per heavy atom. The third-order valence-electron chi connectivity index (χ3n) is 4.88. The van der Waals surface area contributed by atoms with Gasteiger partial charge in [0.25, 0.3) is 11.8 Å². The minimum atomic E-state index is -0.729. The molecule has 7 nitrogen and oxygen atoms in total. The van der Waals surface area contributed by atoms with Crippen LogP contribution >= 0.6 is 11.8 Å². The first-order chi connectivity index (χ1) is 16.8. The van der Waals surface area contributed by atoms with E-state index < -0.39 is 34.5 Å². The molecule has 0 aliphatic heterocycles. The summed E-state index contributed by atoms with van der Waals surface area (Å²) in [5, 5.41) is 7.96. The fourth-order valence-electron chi connectivity index (χ4n) is 3.06. The van der Waals surface area contributed by atoms with Crippen LogP contribution in [0, 0.1) is 17.5 Å². The van der Waals surface area contributed by atoms with Gasteiger partial charge in [0.05, 0.1) is 5.25 Å². The van der Waals surface area contributed by atoms with Crippen molar-refractivity contribution in [3.05, 3.63) is 95.8 Å². The molecule has 0 saturated heterocycles. The number of carbonyl (C=O) groups excluding carboxylic acids is 2. The number of nitrogens with zero attached hydrogens (tertiary/aromatic N) is 3. The summed E-state index contributed by atoms with van der Waals surface area (Å²) >= 11 is 1.05. The molecule has 0 radical (unpaired) electrons. The highest BCUT2D eigenvalue weighted by Crippen LogP contribution is 2.30. The van der Waals surface area contributed by atoms with Gasteiger partial charge in [0, 0.05) is 16.8 Å². The average Bonchev–Trinajstić information content (AvgIpc) is 3.27. The van der Waals surface area contributed by atoms with Gasteiger partial charge in [-0.25, -0.2) is 13.2 Å². The number of hydrogen-bond donors (Lipinski definition) is 2. The molecule has 2 amide bonds. The van der Waals surface area contributed by atoms with Crippen molar-refractivity contribution in [2.45, 2.75) is 17.3 Å². The average molecular weight is 498 g/mol. The van der Waals surface area contributed by atoms with Crippen molar-refractivity contribution in [3.63, 3.8) is 0 Å². The molecule has 0 bridgehead atoms. The van der Waals surface area contributed by atoms with Crippen molar-refractivity contribution < 1.29 is 22.8 Å². The van der Waals surface area contributed by atoms with E-state index in [0.717, 1.165) is 23.9 Å². The zero-order valence-electron chi connectivity index (χ0n) is 18.2. The highest BCUT2D eigenvalue weighted by Gasteiger charge is 2.22. The van der Waals surface area contributed by atoms with Crippen LogP contribution in [0.25, 0.3) is 17.1 Å². The van der Waals surface area contributed by atoms with Gasteiger partial charge in [-0.2, -0.15) is 0 Å². The Bertz CT molecular complexity index is 1340. The molecule has 35 heavy (non-hydrogen) atoms. The Hall–Kier alpha value is -4.12. The number of rotatable bonds is 6. The predicted octanol–water partition coefficient (Wildman–Crippen LogP) is 4.29. The van der Waals surface area contributed by atoms with Crippen LogP contribution in [0.15, 0.2) is 78.0 Å². The Labute approximate surface area is 202 Å². The molecular weight excluding hydrogens is 479 g/mol. The lowest BCUT2D eigenvalue weighted by atomic mass is 10.2. The van der Waals surface area contributed by atoms with Crippen molar-refractivity contribution in [1.82, 2.24) is 25.6 Å². The third-order valence-corrected chi connectivity index (χ3v) is 5.92. The van der Waals surface area contributed by atoms with Crippen molar-refractivity contribution >= 4 is 23.6 Å². The Morgan fingerprint density at radius 3 is 1.94 bits per heavy atom. The summed E-state index contributed by atoms with van der Waals surface area (Å²) in [4.78, 5) is 24.7. The van der Waals surface area contributed by atoms with Crippen LogP contribution in [0.4, 0.5) is 13.2 Å². The maximum absolute atomic E-state index is 13.5. The van der Waals surface area contributed by atoms with E-state index in [1.807, 2.05) is 0 Å². The molecule has 3 aromatic carbocycles. The largest absolute Gasteiger partial charge is 0.272 e. The normalized spacial score (nSPS) is 11.7. The maximum atomic E-state index is 13.5. The quantitative estimate of drug-likeness (QED) is 0.307. The maximum Gasteiger partial charge on any atom is 0.269 e. The van der Waals surface area contributed by atoms with E-state index in [-0.39, 0.29) is 5.56 Å². The molecule has 1 heterocycles. The highest BCUT2D eigenvalue weighted by atomic mass is 32.2. The summed E-state index contributed by atoms with van der Waals surface area (Å²) in [5.74, 6) is -2.09. The van der Waals surface area contributed by atoms with E-state index in [2.05, 4.69) is 21.0 Å². The van der Waals surface area contributed by atoms with Gasteiger partial charge in [-0.1, -0.05) is 11.8 Å². The third kappa shape index (κ3) is 5.69. The molecule has 11 heteroatoms. The molecular formula is C24H18F3N5O2S. The van der Waals surface area contributed by atoms with E-state index in [0.29, 0.717) is 22.2 Å². The first-order valence-corrected chi connectivity index (χ1v) is 11.2. The summed E-state index contributed by atoms with van der Waals surface area (Å²) in [6.07, 6.45) is 0. The summed E-state index contributed by atoms with van der Waals surface area (Å²) in [7, 11) is 0. The van der Waals surface area contributed by atoms with Crippen LogP contribution in [0.2, 0.25) is 0 Å². The zero-order chi connectivity index (χ0) is 24.9. The van der Waals surface area contributed by atoms with Gasteiger partial charge in [-0.15, -0.1) is 10.2 Å². The smallest absolute Gasteiger partial charge is 0.269 e. The Balaban J connectivity index is 1.53. The van der Waals surface area contributed by atoms with Crippen molar-refractivity contribution in [3.8, 4) is 17.1 Å². The molecule has 178 valence electrons. The Kier molecular flexibility index (Phi) is 7.16. The van der Waals surface area contributed by atoms with Crippen molar-refractivity contribution in [2.24, 2.45) is 0 Å². The molecule has 0 aliphatic carbocycles. The minimum Gasteiger partial charge on any atom is -0.272 e. The number of halogens is 3. The summed E-state index contributed by atoms with van der Waals surface area (Å²) < 4.78 is 41.6. The van der Waals surface area contributed by atoms with Gasteiger partial charge in [0.2, 0.25) is 0 Å². The highest BCUT2D eigenvalue weighted by molar-refractivity contribution is 8.00. The lowest BCUT2D eigenvalue weighted by molar-refractivity contribution is -0.121. The molecule has 1 atom stereocenters. The number of amides is 2. The summed E-state index contributed by atoms with van der Waals surface area (Å²) in [6.45, 7) is 1.60. The van der Waals surface area contributed by atoms with E-state index in [1.165, 1.54) is 60.7 Å². The number of nitrogens with one attached hydrogen (secondary N) is 2. The number of carbonyl (C=O) groups is 2. The van der Waals surface area contributed by atoms with Gasteiger partial charge in [-0.05, 0) is 79.7 Å². The number of thioether (sulfide) groups is 1. The molecule has 4 aromatic rings. The first kappa shape index (κ1) is 24.0. The molecule has 0 aliphatic rings. The van der Waals surface area contributed by atoms with Crippen LogP contribution in [0.3, 0.4) is 0 Å². The van der Waals surface area contributed by atoms with Crippen LogP contribution < -0.4 is 10.9 Å². The molecule has 0 fully saturated rings. The van der Waals surface area contributed by atoms with E-state index in [9.17, 15) is 22.8 Å². The lowest BCUT2D eigenvalue weighted by Gasteiger charge is -2.14. The molecule has 0 saturated carbocycles. The van der Waals surface area contributed by atoms with Crippen LogP contribution in [0.5, 0.6) is 0 Å². The number of hydrazine groups is 1. The fourth-order valence-corrected chi connectivity index (χ4v) is 3.93. The molecule has 2 N–H and O–H groups in total. The summed E-state index contributed by atoms with van der Waals surface area (Å²) in [5.41, 5.74) is 5.88.